The van der Waals surface area contributed by atoms with Crippen LogP contribution in [-0.4, -0.2) is 21.4 Å². The van der Waals surface area contributed by atoms with Crippen LogP contribution in [0.2, 0.25) is 0 Å². The minimum absolute atomic E-state index is 0.181. The van der Waals surface area contributed by atoms with E-state index in [4.69, 9.17) is 0 Å². The van der Waals surface area contributed by atoms with Gasteiger partial charge in [-0.2, -0.15) is 0 Å². The highest BCUT2D eigenvalue weighted by atomic mass is 16.2. The number of aromatic nitrogens is 2. The molecule has 1 unspecified atom stereocenters. The molecule has 2 aromatic rings. The summed E-state index contributed by atoms with van der Waals surface area (Å²) in [4.78, 5) is 28.1. The minimum atomic E-state index is -0.315. The van der Waals surface area contributed by atoms with Crippen molar-refractivity contribution in [3.8, 4) is 0 Å². The van der Waals surface area contributed by atoms with E-state index in [0.29, 0.717) is 12.8 Å². The summed E-state index contributed by atoms with van der Waals surface area (Å²) >= 11 is 0. The van der Waals surface area contributed by atoms with Gasteiger partial charge in [0.2, 0.25) is 11.8 Å². The first kappa shape index (κ1) is 12.3. The van der Waals surface area contributed by atoms with Crippen LogP contribution in [0.1, 0.15) is 36.6 Å². The van der Waals surface area contributed by atoms with E-state index in [1.165, 1.54) is 0 Å². The Hall–Kier alpha value is -2.43. The summed E-state index contributed by atoms with van der Waals surface area (Å²) in [6, 6.07) is 3.57. The molecule has 1 saturated heterocycles. The zero-order valence-electron chi connectivity index (χ0n) is 11.5. The Kier molecular flexibility index (Phi) is 2.67. The Morgan fingerprint density at radius 2 is 2.19 bits per heavy atom. The van der Waals surface area contributed by atoms with Crippen LogP contribution < -0.4 is 5.32 Å². The SMILES string of the molecule is O=C1CCC(n2c3c(c4ncccc42)C=CCC3)C(=O)N1. The van der Waals surface area contributed by atoms with Crippen LogP contribution >= 0.6 is 0 Å². The van der Waals surface area contributed by atoms with Crippen LogP contribution in [0.5, 0.6) is 0 Å². The second-order valence-corrected chi connectivity index (χ2v) is 5.51. The molecule has 21 heavy (non-hydrogen) atoms. The Balaban J connectivity index is 1.94. The molecule has 0 radical (unpaired) electrons. The van der Waals surface area contributed by atoms with Gasteiger partial charge in [0.1, 0.15) is 6.04 Å². The molecule has 5 heteroatoms. The summed E-state index contributed by atoms with van der Waals surface area (Å²) in [6.45, 7) is 0. The molecule has 0 bridgehead atoms. The molecule has 0 spiro atoms. The summed E-state index contributed by atoms with van der Waals surface area (Å²) in [5.74, 6) is -0.385. The Bertz CT molecular complexity index is 788. The molecule has 1 fully saturated rings. The molecule has 1 atom stereocenters. The lowest BCUT2D eigenvalue weighted by Gasteiger charge is -2.25. The Morgan fingerprint density at radius 3 is 3.05 bits per heavy atom. The van der Waals surface area contributed by atoms with E-state index >= 15 is 0 Å². The number of amides is 2. The maximum atomic E-state index is 12.2. The van der Waals surface area contributed by atoms with Crippen LogP contribution in [0.4, 0.5) is 0 Å². The highest BCUT2D eigenvalue weighted by molar-refractivity contribution is 6.00. The molecule has 3 heterocycles. The Labute approximate surface area is 121 Å². The number of carbonyl (C=O) groups excluding carboxylic acids is 2. The maximum absolute atomic E-state index is 12.2. The first-order chi connectivity index (χ1) is 10.3. The lowest BCUT2D eigenvalue weighted by Crippen LogP contribution is -2.42. The molecule has 2 amide bonds. The highest BCUT2D eigenvalue weighted by Gasteiger charge is 2.32. The van der Waals surface area contributed by atoms with Crippen LogP contribution in [0.15, 0.2) is 24.4 Å². The van der Waals surface area contributed by atoms with E-state index in [2.05, 4.69) is 27.0 Å². The molecular formula is C16H15N3O2. The third kappa shape index (κ3) is 1.81. The molecule has 106 valence electrons. The maximum Gasteiger partial charge on any atom is 0.249 e. The van der Waals surface area contributed by atoms with E-state index in [0.717, 1.165) is 35.1 Å². The fraction of sp³-hybridized carbons (Fsp3) is 0.312. The predicted octanol–water partition coefficient (Wildman–Crippen LogP) is 1.97. The van der Waals surface area contributed by atoms with Crippen molar-refractivity contribution in [1.82, 2.24) is 14.9 Å². The van der Waals surface area contributed by atoms with E-state index in [-0.39, 0.29) is 17.9 Å². The zero-order valence-corrected chi connectivity index (χ0v) is 11.5. The number of fused-ring (bicyclic) bond motifs is 3. The van der Waals surface area contributed by atoms with Crippen molar-refractivity contribution in [1.29, 1.82) is 0 Å². The monoisotopic (exact) mass is 281 g/mol. The number of rotatable bonds is 1. The van der Waals surface area contributed by atoms with Crippen LogP contribution in [-0.2, 0) is 16.0 Å². The lowest BCUT2D eigenvalue weighted by molar-refractivity contribution is -0.135. The quantitative estimate of drug-likeness (QED) is 0.813. The third-order valence-electron chi connectivity index (χ3n) is 4.26. The molecular weight excluding hydrogens is 266 g/mol. The summed E-state index contributed by atoms with van der Waals surface area (Å²) in [5, 5.41) is 2.45. The molecule has 0 aromatic carbocycles. The molecule has 2 aromatic heterocycles. The predicted molar refractivity (Wildman–Crippen MR) is 78.5 cm³/mol. The van der Waals surface area contributed by atoms with Gasteiger partial charge in [-0.05, 0) is 31.4 Å². The number of carbonyl (C=O) groups is 2. The van der Waals surface area contributed by atoms with Gasteiger partial charge in [0, 0.05) is 23.9 Å². The molecule has 1 aliphatic carbocycles. The average Bonchev–Trinajstić information content (AvgIpc) is 2.82. The van der Waals surface area contributed by atoms with Gasteiger partial charge in [-0.15, -0.1) is 0 Å². The number of pyridine rings is 1. The van der Waals surface area contributed by atoms with Crippen molar-refractivity contribution in [3.05, 3.63) is 35.7 Å². The number of imide groups is 1. The molecule has 0 saturated carbocycles. The van der Waals surface area contributed by atoms with E-state index < -0.39 is 0 Å². The number of hydrogen-bond donors (Lipinski definition) is 1. The van der Waals surface area contributed by atoms with E-state index in [9.17, 15) is 9.59 Å². The number of hydrogen-bond acceptors (Lipinski definition) is 3. The number of nitrogens with zero attached hydrogens (tertiary/aromatic N) is 2. The highest BCUT2D eigenvalue weighted by Crippen LogP contribution is 2.34. The molecule has 1 N–H and O–H groups in total. The van der Waals surface area contributed by atoms with Crippen LogP contribution in [0.25, 0.3) is 17.1 Å². The average molecular weight is 281 g/mol. The molecule has 1 aliphatic heterocycles. The van der Waals surface area contributed by atoms with Crippen molar-refractivity contribution < 1.29 is 9.59 Å². The van der Waals surface area contributed by atoms with Crippen molar-refractivity contribution in [2.75, 3.05) is 0 Å². The molecule has 2 aliphatic rings. The van der Waals surface area contributed by atoms with Crippen molar-refractivity contribution in [2.24, 2.45) is 0 Å². The minimum Gasteiger partial charge on any atom is -0.330 e. The van der Waals surface area contributed by atoms with E-state index in [1.54, 1.807) is 6.20 Å². The largest absolute Gasteiger partial charge is 0.330 e. The second kappa shape index (κ2) is 4.55. The number of nitrogens with one attached hydrogen (secondary N) is 1. The summed E-state index contributed by atoms with van der Waals surface area (Å²) < 4.78 is 2.09. The van der Waals surface area contributed by atoms with Gasteiger partial charge in [-0.25, -0.2) is 0 Å². The zero-order chi connectivity index (χ0) is 14.4. The van der Waals surface area contributed by atoms with Gasteiger partial charge in [0.25, 0.3) is 0 Å². The van der Waals surface area contributed by atoms with Gasteiger partial charge in [-0.1, -0.05) is 12.2 Å². The normalized spacial score (nSPS) is 21.4. The summed E-state index contributed by atoms with van der Waals surface area (Å²) in [7, 11) is 0. The number of piperidine rings is 1. The lowest BCUT2D eigenvalue weighted by atomic mass is 10.0. The first-order valence-corrected chi connectivity index (χ1v) is 7.24. The van der Waals surface area contributed by atoms with E-state index in [1.807, 2.05) is 12.1 Å². The summed E-state index contributed by atoms with van der Waals surface area (Å²) in [5.41, 5.74) is 4.18. The molecule has 4 rings (SSSR count). The number of allylic oxidation sites excluding steroid dienone is 1. The second-order valence-electron chi connectivity index (χ2n) is 5.51. The van der Waals surface area contributed by atoms with Crippen molar-refractivity contribution in [2.45, 2.75) is 31.7 Å². The van der Waals surface area contributed by atoms with Gasteiger partial charge in [-0.3, -0.25) is 19.9 Å². The topological polar surface area (TPSA) is 64.0 Å². The Morgan fingerprint density at radius 1 is 1.29 bits per heavy atom. The van der Waals surface area contributed by atoms with Crippen molar-refractivity contribution in [3.63, 3.8) is 0 Å². The fourth-order valence-electron chi connectivity index (χ4n) is 3.35. The van der Waals surface area contributed by atoms with Gasteiger partial charge in [0.15, 0.2) is 0 Å². The first-order valence-electron chi connectivity index (χ1n) is 7.24. The third-order valence-corrected chi connectivity index (χ3v) is 4.26. The summed E-state index contributed by atoms with van der Waals surface area (Å²) in [6.07, 6.45) is 8.83. The smallest absolute Gasteiger partial charge is 0.249 e. The fourth-order valence-corrected chi connectivity index (χ4v) is 3.35. The molecule has 5 nitrogen and oxygen atoms in total. The van der Waals surface area contributed by atoms with Crippen LogP contribution in [0, 0.1) is 0 Å². The van der Waals surface area contributed by atoms with Crippen molar-refractivity contribution >= 4 is 28.9 Å². The van der Waals surface area contributed by atoms with Gasteiger partial charge in [0.05, 0.1) is 11.0 Å². The standard InChI is InChI=1S/C16H15N3O2/c20-14-8-7-13(16(21)18-14)19-11-5-2-1-4-10(11)15-12(19)6-3-9-17-15/h1,3-4,6,9,13H,2,5,7-8H2,(H,18,20,21). The van der Waals surface area contributed by atoms with Gasteiger partial charge < -0.3 is 4.57 Å². The van der Waals surface area contributed by atoms with Crippen LogP contribution in [0.3, 0.4) is 0 Å². The van der Waals surface area contributed by atoms with Gasteiger partial charge >= 0.3 is 0 Å².